The monoisotopic (exact) mass is 321 g/mol. The molecule has 0 aliphatic heterocycles. The molecule has 19 heavy (non-hydrogen) atoms. The minimum absolute atomic E-state index is 0.937. The standard InChI is InChI=1S/C15H20BrN3/c1-9-5-6-12(11(3)10(9)2)15-14(16)13(18-19-15)7-8-17-4/h5-6,17H,7-8H2,1-4H3,(H,18,19). The number of likely N-dealkylation sites (N-methyl/N-ethyl adjacent to an activating group) is 1. The Balaban J connectivity index is 2.43. The summed E-state index contributed by atoms with van der Waals surface area (Å²) in [5, 5.41) is 10.8. The van der Waals surface area contributed by atoms with E-state index in [2.05, 4.69) is 64.3 Å². The highest BCUT2D eigenvalue weighted by molar-refractivity contribution is 9.10. The van der Waals surface area contributed by atoms with Crippen LogP contribution in [0.5, 0.6) is 0 Å². The fourth-order valence-corrected chi connectivity index (χ4v) is 2.76. The van der Waals surface area contributed by atoms with Crippen molar-refractivity contribution < 1.29 is 0 Å². The molecule has 0 saturated carbocycles. The highest BCUT2D eigenvalue weighted by Gasteiger charge is 2.15. The zero-order chi connectivity index (χ0) is 14.0. The summed E-state index contributed by atoms with van der Waals surface area (Å²) in [6.45, 7) is 7.40. The second-order valence-corrected chi connectivity index (χ2v) is 5.69. The second-order valence-electron chi connectivity index (χ2n) is 4.90. The summed E-state index contributed by atoms with van der Waals surface area (Å²) in [4.78, 5) is 0. The van der Waals surface area contributed by atoms with Gasteiger partial charge >= 0.3 is 0 Å². The molecule has 0 aliphatic rings. The van der Waals surface area contributed by atoms with Crippen LogP contribution >= 0.6 is 15.9 Å². The fraction of sp³-hybridized carbons (Fsp3) is 0.400. The molecule has 4 heteroatoms. The zero-order valence-electron chi connectivity index (χ0n) is 11.9. The molecule has 0 atom stereocenters. The predicted molar refractivity (Wildman–Crippen MR) is 83.6 cm³/mol. The van der Waals surface area contributed by atoms with Gasteiger partial charge in [0.05, 0.1) is 10.2 Å². The lowest BCUT2D eigenvalue weighted by Crippen LogP contribution is -2.10. The zero-order valence-corrected chi connectivity index (χ0v) is 13.5. The van der Waals surface area contributed by atoms with Gasteiger partial charge in [-0.05, 0) is 60.4 Å². The first-order valence-corrected chi connectivity index (χ1v) is 7.30. The van der Waals surface area contributed by atoms with Crippen LogP contribution in [-0.2, 0) is 6.42 Å². The number of rotatable bonds is 4. The van der Waals surface area contributed by atoms with Crippen molar-refractivity contribution in [3.05, 3.63) is 39.0 Å². The Morgan fingerprint density at radius 2 is 1.95 bits per heavy atom. The normalized spacial score (nSPS) is 11.0. The van der Waals surface area contributed by atoms with Crippen LogP contribution in [0.25, 0.3) is 11.3 Å². The molecule has 0 spiro atoms. The molecule has 1 aromatic carbocycles. The van der Waals surface area contributed by atoms with Crippen LogP contribution in [0, 0.1) is 20.8 Å². The van der Waals surface area contributed by atoms with E-state index in [1.807, 2.05) is 7.05 Å². The van der Waals surface area contributed by atoms with Gasteiger partial charge in [-0.2, -0.15) is 5.10 Å². The molecule has 0 amide bonds. The van der Waals surface area contributed by atoms with Crippen molar-refractivity contribution in [3.63, 3.8) is 0 Å². The number of nitrogens with one attached hydrogen (secondary N) is 2. The summed E-state index contributed by atoms with van der Waals surface area (Å²) >= 11 is 3.67. The molecular weight excluding hydrogens is 302 g/mol. The summed E-state index contributed by atoms with van der Waals surface area (Å²) in [7, 11) is 1.96. The second kappa shape index (κ2) is 5.88. The highest BCUT2D eigenvalue weighted by atomic mass is 79.9. The minimum Gasteiger partial charge on any atom is -0.319 e. The van der Waals surface area contributed by atoms with Crippen molar-refractivity contribution in [2.45, 2.75) is 27.2 Å². The van der Waals surface area contributed by atoms with Crippen LogP contribution in [0.3, 0.4) is 0 Å². The van der Waals surface area contributed by atoms with Gasteiger partial charge in [-0.3, -0.25) is 5.10 Å². The van der Waals surface area contributed by atoms with Gasteiger partial charge in [0.25, 0.3) is 0 Å². The minimum atomic E-state index is 0.937. The Morgan fingerprint density at radius 3 is 2.63 bits per heavy atom. The van der Waals surface area contributed by atoms with Crippen LogP contribution in [0.4, 0.5) is 0 Å². The van der Waals surface area contributed by atoms with Crippen molar-refractivity contribution in [1.29, 1.82) is 0 Å². The van der Waals surface area contributed by atoms with Gasteiger partial charge in [-0.25, -0.2) is 0 Å². The molecular formula is C15H20BrN3. The SMILES string of the molecule is CNCCc1[nH]nc(-c2ccc(C)c(C)c2C)c1Br. The van der Waals surface area contributed by atoms with Gasteiger partial charge in [0, 0.05) is 18.5 Å². The van der Waals surface area contributed by atoms with E-state index in [9.17, 15) is 0 Å². The number of aromatic amines is 1. The van der Waals surface area contributed by atoms with E-state index < -0.39 is 0 Å². The van der Waals surface area contributed by atoms with Gasteiger partial charge < -0.3 is 5.32 Å². The molecule has 0 bridgehead atoms. The van der Waals surface area contributed by atoms with Gasteiger partial charge in [0.2, 0.25) is 0 Å². The van der Waals surface area contributed by atoms with Gasteiger partial charge in [0.1, 0.15) is 5.69 Å². The van der Waals surface area contributed by atoms with E-state index in [4.69, 9.17) is 0 Å². The molecule has 2 rings (SSSR count). The molecule has 2 aromatic rings. The van der Waals surface area contributed by atoms with Crippen molar-refractivity contribution in [2.75, 3.05) is 13.6 Å². The third-order valence-electron chi connectivity index (χ3n) is 3.71. The summed E-state index contributed by atoms with van der Waals surface area (Å²) in [5.41, 5.74) is 7.30. The Labute approximate surface area is 122 Å². The average Bonchev–Trinajstić information content (AvgIpc) is 2.75. The highest BCUT2D eigenvalue weighted by Crippen LogP contribution is 2.33. The molecule has 0 aliphatic carbocycles. The smallest absolute Gasteiger partial charge is 0.107 e. The Bertz CT molecular complexity index is 587. The lowest BCUT2D eigenvalue weighted by Gasteiger charge is -2.09. The maximum atomic E-state index is 4.47. The number of hydrogen-bond donors (Lipinski definition) is 2. The van der Waals surface area contributed by atoms with E-state index in [0.29, 0.717) is 0 Å². The summed E-state index contributed by atoms with van der Waals surface area (Å²) in [6.07, 6.45) is 0.938. The largest absolute Gasteiger partial charge is 0.319 e. The predicted octanol–water partition coefficient (Wildman–Crippen LogP) is 3.53. The number of aryl methyl sites for hydroxylation is 1. The van der Waals surface area contributed by atoms with E-state index in [1.54, 1.807) is 0 Å². The lowest BCUT2D eigenvalue weighted by atomic mass is 9.97. The molecule has 1 aromatic heterocycles. The maximum absolute atomic E-state index is 4.47. The maximum Gasteiger partial charge on any atom is 0.107 e. The number of halogens is 1. The molecule has 102 valence electrons. The Kier molecular flexibility index (Phi) is 4.42. The topological polar surface area (TPSA) is 40.7 Å². The first-order valence-electron chi connectivity index (χ1n) is 6.50. The quantitative estimate of drug-likeness (QED) is 0.904. The molecule has 1 heterocycles. The number of aromatic nitrogens is 2. The number of H-pyrrole nitrogens is 1. The Morgan fingerprint density at radius 1 is 1.21 bits per heavy atom. The van der Waals surface area contributed by atoms with Crippen molar-refractivity contribution in [2.24, 2.45) is 0 Å². The summed E-state index contributed by atoms with van der Waals surface area (Å²) in [6, 6.07) is 4.31. The molecule has 3 nitrogen and oxygen atoms in total. The van der Waals surface area contributed by atoms with E-state index in [1.165, 1.54) is 22.3 Å². The van der Waals surface area contributed by atoms with Crippen molar-refractivity contribution >= 4 is 15.9 Å². The van der Waals surface area contributed by atoms with Crippen LogP contribution in [0.2, 0.25) is 0 Å². The van der Waals surface area contributed by atoms with E-state index in [-0.39, 0.29) is 0 Å². The van der Waals surface area contributed by atoms with Crippen LogP contribution < -0.4 is 5.32 Å². The molecule has 0 saturated heterocycles. The van der Waals surface area contributed by atoms with Gasteiger partial charge in [0.15, 0.2) is 0 Å². The third-order valence-corrected chi connectivity index (χ3v) is 4.57. The first-order chi connectivity index (χ1) is 9.06. The number of benzene rings is 1. The van der Waals surface area contributed by atoms with Crippen LogP contribution in [0.1, 0.15) is 22.4 Å². The summed E-state index contributed by atoms with van der Waals surface area (Å²) < 4.78 is 1.08. The fourth-order valence-electron chi connectivity index (χ4n) is 2.17. The molecule has 0 radical (unpaired) electrons. The summed E-state index contributed by atoms with van der Waals surface area (Å²) in [5.74, 6) is 0. The van der Waals surface area contributed by atoms with Crippen LogP contribution in [0.15, 0.2) is 16.6 Å². The van der Waals surface area contributed by atoms with Gasteiger partial charge in [-0.15, -0.1) is 0 Å². The number of hydrogen-bond acceptors (Lipinski definition) is 2. The first kappa shape index (κ1) is 14.3. The van der Waals surface area contributed by atoms with Crippen LogP contribution in [-0.4, -0.2) is 23.8 Å². The van der Waals surface area contributed by atoms with E-state index in [0.717, 1.165) is 28.8 Å². The third kappa shape index (κ3) is 2.74. The molecule has 0 fully saturated rings. The van der Waals surface area contributed by atoms with Crippen molar-refractivity contribution in [1.82, 2.24) is 15.5 Å². The number of nitrogens with zero attached hydrogens (tertiary/aromatic N) is 1. The van der Waals surface area contributed by atoms with Gasteiger partial charge in [-0.1, -0.05) is 12.1 Å². The molecule has 2 N–H and O–H groups in total. The molecule has 0 unspecified atom stereocenters. The van der Waals surface area contributed by atoms with Crippen molar-refractivity contribution in [3.8, 4) is 11.3 Å². The lowest BCUT2D eigenvalue weighted by molar-refractivity contribution is 0.770. The average molecular weight is 322 g/mol. The van der Waals surface area contributed by atoms with E-state index >= 15 is 0 Å². The Hall–Kier alpha value is -1.13.